The maximum absolute atomic E-state index is 14.3. The lowest BCUT2D eigenvalue weighted by atomic mass is 10.0. The van der Waals surface area contributed by atoms with Crippen LogP contribution in [0.1, 0.15) is 28.2 Å². The Balaban J connectivity index is 1.11. The molecule has 13 heteroatoms. The Morgan fingerprint density at radius 2 is 1.93 bits per heavy atom. The van der Waals surface area contributed by atoms with Crippen molar-refractivity contribution in [1.29, 1.82) is 0 Å². The van der Waals surface area contributed by atoms with E-state index in [1.54, 1.807) is 30.3 Å². The molecule has 2 unspecified atom stereocenters. The van der Waals surface area contributed by atoms with E-state index >= 15 is 0 Å². The van der Waals surface area contributed by atoms with E-state index in [4.69, 9.17) is 52.1 Å². The molecule has 2 aromatic carbocycles. The van der Waals surface area contributed by atoms with E-state index in [1.807, 2.05) is 12.1 Å². The molecule has 0 bridgehead atoms. The number of fused-ring (bicyclic) bond motifs is 2. The van der Waals surface area contributed by atoms with Gasteiger partial charge in [0.2, 0.25) is 5.88 Å². The highest BCUT2D eigenvalue weighted by Crippen LogP contribution is 2.32. The molecule has 3 aliphatic rings. The van der Waals surface area contributed by atoms with Crippen LogP contribution in [-0.2, 0) is 33.9 Å². The van der Waals surface area contributed by atoms with Gasteiger partial charge in [0.25, 0.3) is 0 Å². The fraction of sp³-hybridized carbons (Fsp3) is 0.406. The molecule has 7 rings (SSSR count). The van der Waals surface area contributed by atoms with Gasteiger partial charge in [0, 0.05) is 36.3 Å². The number of carbonyl (C=O) groups is 1. The number of piperazine rings is 1. The van der Waals surface area contributed by atoms with Crippen molar-refractivity contribution in [3.63, 3.8) is 0 Å². The number of benzene rings is 2. The molecular weight excluding hydrogens is 624 g/mol. The van der Waals surface area contributed by atoms with Crippen molar-refractivity contribution in [1.82, 2.24) is 19.4 Å². The van der Waals surface area contributed by atoms with Gasteiger partial charge in [-0.05, 0) is 36.8 Å². The molecule has 0 saturated carbocycles. The average Bonchev–Trinajstić information content (AvgIpc) is 3.64. The van der Waals surface area contributed by atoms with Crippen molar-refractivity contribution in [2.75, 3.05) is 44.9 Å². The van der Waals surface area contributed by atoms with Gasteiger partial charge in [-0.25, -0.2) is 14.2 Å². The van der Waals surface area contributed by atoms with Crippen LogP contribution in [0.3, 0.4) is 0 Å². The van der Waals surface area contributed by atoms with Gasteiger partial charge >= 0.3 is 5.97 Å². The minimum atomic E-state index is -0.449. The largest absolute Gasteiger partial charge is 0.473 e. The summed E-state index contributed by atoms with van der Waals surface area (Å²) in [5.41, 5.74) is 2.22. The summed E-state index contributed by atoms with van der Waals surface area (Å²) in [6, 6.07) is 13.7. The molecule has 3 aliphatic heterocycles. The van der Waals surface area contributed by atoms with Crippen molar-refractivity contribution in [2.45, 2.75) is 44.3 Å². The second-order valence-corrected chi connectivity index (χ2v) is 12.3. The van der Waals surface area contributed by atoms with E-state index < -0.39 is 11.8 Å². The number of halogens is 3. The zero-order chi connectivity index (χ0) is 31.1. The third-order valence-electron chi connectivity index (χ3n) is 8.74. The molecule has 3 saturated heterocycles. The first-order valence-corrected chi connectivity index (χ1v) is 15.6. The first-order valence-electron chi connectivity index (χ1n) is 14.9. The Morgan fingerprint density at radius 3 is 2.71 bits per heavy atom. The summed E-state index contributed by atoms with van der Waals surface area (Å²) in [7, 11) is 1.35. The summed E-state index contributed by atoms with van der Waals surface area (Å²) in [5.74, 6) is 1.18. The number of esters is 1. The van der Waals surface area contributed by atoms with Gasteiger partial charge in [-0.1, -0.05) is 35.3 Å². The third-order valence-corrected chi connectivity index (χ3v) is 9.27. The summed E-state index contributed by atoms with van der Waals surface area (Å²) < 4.78 is 39.0. The van der Waals surface area contributed by atoms with Crippen LogP contribution in [0.2, 0.25) is 10.0 Å². The fourth-order valence-corrected chi connectivity index (χ4v) is 6.68. The lowest BCUT2D eigenvalue weighted by molar-refractivity contribution is -0.0592. The van der Waals surface area contributed by atoms with Crippen LogP contribution in [0.4, 0.5) is 10.2 Å². The Labute approximate surface area is 269 Å². The molecule has 4 aromatic rings. The SMILES string of the molecule is COC(=O)c1cc(Cl)c2nc(CN3CCN(c4cccc(OCc5ccc(Cl)cc5F)n4)C4COCC43)n(C[C@@H]3CCO3)c2c1. The van der Waals surface area contributed by atoms with Gasteiger partial charge in [-0.15, -0.1) is 0 Å². The van der Waals surface area contributed by atoms with E-state index in [1.165, 1.54) is 13.2 Å². The van der Waals surface area contributed by atoms with Gasteiger partial charge in [0.1, 0.15) is 29.6 Å². The number of pyridine rings is 1. The molecule has 236 valence electrons. The van der Waals surface area contributed by atoms with Crippen molar-refractivity contribution >= 4 is 46.0 Å². The standard InChI is InChI=1S/C32H32Cl2FN5O5/c1-42-32(41)20-11-23(34)31-25(12-20)40(14-22-7-10-44-22)29(37-31)15-38-8-9-39(27-18-43-17-26(27)38)28-3-2-4-30(36-28)45-16-19-5-6-21(33)13-24(19)35/h2-6,11-13,22,26-27H,7-10,14-18H2,1H3/t22-,26?,27?/m0/s1. The number of hydrogen-bond acceptors (Lipinski definition) is 9. The molecule has 3 fully saturated rings. The zero-order valence-electron chi connectivity index (χ0n) is 24.6. The van der Waals surface area contributed by atoms with E-state index in [0.717, 1.165) is 36.7 Å². The van der Waals surface area contributed by atoms with Crippen LogP contribution < -0.4 is 9.64 Å². The van der Waals surface area contributed by atoms with Crippen LogP contribution in [0.15, 0.2) is 48.5 Å². The second-order valence-electron chi connectivity index (χ2n) is 11.4. The highest BCUT2D eigenvalue weighted by molar-refractivity contribution is 6.35. The Morgan fingerprint density at radius 1 is 1.09 bits per heavy atom. The summed E-state index contributed by atoms with van der Waals surface area (Å²) in [5, 5.41) is 0.742. The smallest absolute Gasteiger partial charge is 0.337 e. The molecule has 0 amide bonds. The fourth-order valence-electron chi connectivity index (χ4n) is 6.26. The predicted molar refractivity (Wildman–Crippen MR) is 167 cm³/mol. The molecule has 10 nitrogen and oxygen atoms in total. The number of imidazole rings is 1. The molecule has 0 radical (unpaired) electrons. The summed E-state index contributed by atoms with van der Waals surface area (Å²) in [4.78, 5) is 26.7. The predicted octanol–water partition coefficient (Wildman–Crippen LogP) is 5.12. The van der Waals surface area contributed by atoms with Crippen molar-refractivity contribution < 1.29 is 28.1 Å². The summed E-state index contributed by atoms with van der Waals surface area (Å²) >= 11 is 12.5. The minimum absolute atomic E-state index is 0.0421. The zero-order valence-corrected chi connectivity index (χ0v) is 26.1. The molecular formula is C32H32Cl2FN5O5. The highest BCUT2D eigenvalue weighted by atomic mass is 35.5. The van der Waals surface area contributed by atoms with Crippen LogP contribution in [0.5, 0.6) is 5.88 Å². The maximum atomic E-state index is 14.3. The Kier molecular flexibility index (Phi) is 8.54. The quantitative estimate of drug-likeness (QED) is 0.228. The molecule has 45 heavy (non-hydrogen) atoms. The number of rotatable bonds is 9. The van der Waals surface area contributed by atoms with Gasteiger partial charge in [-0.2, -0.15) is 4.98 Å². The van der Waals surface area contributed by atoms with Gasteiger partial charge in [0.05, 0.1) is 67.7 Å². The first kappa shape index (κ1) is 30.2. The van der Waals surface area contributed by atoms with Crippen LogP contribution in [-0.4, -0.2) is 83.6 Å². The van der Waals surface area contributed by atoms with Crippen molar-refractivity contribution in [2.24, 2.45) is 0 Å². The van der Waals surface area contributed by atoms with Crippen molar-refractivity contribution in [3.8, 4) is 5.88 Å². The van der Waals surface area contributed by atoms with Gasteiger partial charge < -0.3 is 28.4 Å². The normalized spacial score (nSPS) is 21.5. The molecule has 2 aromatic heterocycles. The first-order chi connectivity index (χ1) is 21.9. The number of carbonyl (C=O) groups excluding carboxylic acids is 1. The highest BCUT2D eigenvalue weighted by Gasteiger charge is 2.42. The Hall–Kier alpha value is -3.48. The van der Waals surface area contributed by atoms with E-state index in [9.17, 15) is 9.18 Å². The van der Waals surface area contributed by atoms with E-state index in [0.29, 0.717) is 65.4 Å². The summed E-state index contributed by atoms with van der Waals surface area (Å²) in [6.07, 6.45) is 1.04. The Bertz CT molecular complexity index is 1730. The third kappa shape index (κ3) is 6.07. The monoisotopic (exact) mass is 655 g/mol. The molecule has 5 heterocycles. The number of aromatic nitrogens is 3. The molecule has 0 aliphatic carbocycles. The molecule has 0 N–H and O–H groups in total. The number of hydrogen-bond donors (Lipinski definition) is 0. The molecule has 0 spiro atoms. The lowest BCUT2D eigenvalue weighted by Crippen LogP contribution is -2.59. The van der Waals surface area contributed by atoms with Crippen LogP contribution in [0, 0.1) is 5.82 Å². The van der Waals surface area contributed by atoms with Crippen LogP contribution in [0.25, 0.3) is 11.0 Å². The number of ether oxygens (including phenoxy) is 4. The lowest BCUT2D eigenvalue weighted by Gasteiger charge is -2.44. The van der Waals surface area contributed by atoms with Crippen LogP contribution >= 0.6 is 23.2 Å². The number of nitrogens with zero attached hydrogens (tertiary/aromatic N) is 5. The number of methoxy groups -OCH3 is 1. The maximum Gasteiger partial charge on any atom is 0.337 e. The van der Waals surface area contributed by atoms with Gasteiger partial charge in [0.15, 0.2) is 0 Å². The van der Waals surface area contributed by atoms with E-state index in [2.05, 4.69) is 14.4 Å². The molecule has 3 atom stereocenters. The number of anilines is 1. The average molecular weight is 657 g/mol. The van der Waals surface area contributed by atoms with E-state index in [-0.39, 0.29) is 24.8 Å². The van der Waals surface area contributed by atoms with Crippen molar-refractivity contribution in [3.05, 3.63) is 81.3 Å². The summed E-state index contributed by atoms with van der Waals surface area (Å²) in [6.45, 7) is 4.57. The van der Waals surface area contributed by atoms with Gasteiger partial charge in [-0.3, -0.25) is 4.90 Å². The minimum Gasteiger partial charge on any atom is -0.473 e. The second kappa shape index (κ2) is 12.7. The topological polar surface area (TPSA) is 91.2 Å².